The molecule has 0 aliphatic heterocycles. The number of carbonyl (C=O) groups excluding carboxylic acids is 1. The number of carbonyl (C=O) groups is 1. The average molecular weight is 478 g/mol. The van der Waals surface area contributed by atoms with Crippen molar-refractivity contribution >= 4 is 38.4 Å². The van der Waals surface area contributed by atoms with Gasteiger partial charge in [-0.05, 0) is 67.1 Å². The first kappa shape index (κ1) is 20.1. The van der Waals surface area contributed by atoms with Crippen molar-refractivity contribution in [3.8, 4) is 0 Å². The van der Waals surface area contributed by atoms with Gasteiger partial charge in [-0.2, -0.15) is 0 Å². The van der Waals surface area contributed by atoms with Crippen molar-refractivity contribution in [1.82, 2.24) is 14.3 Å². The van der Waals surface area contributed by atoms with Gasteiger partial charge in [-0.15, -0.1) is 0 Å². The molecule has 1 unspecified atom stereocenters. The summed E-state index contributed by atoms with van der Waals surface area (Å²) in [5.74, 6) is 0.0454. The Bertz CT molecular complexity index is 1340. The van der Waals surface area contributed by atoms with E-state index in [2.05, 4.69) is 39.4 Å². The van der Waals surface area contributed by atoms with E-state index in [0.29, 0.717) is 24.9 Å². The molecule has 0 saturated carbocycles. The molecule has 1 aliphatic rings. The minimum atomic E-state index is -0.0304. The fourth-order valence-electron chi connectivity index (χ4n) is 4.72. The quantitative estimate of drug-likeness (QED) is 0.440. The molecule has 2 aromatic carbocycles. The molecular weight excluding hydrogens is 454 g/mol. The lowest BCUT2D eigenvalue weighted by Crippen LogP contribution is -2.31. The van der Waals surface area contributed by atoms with Crippen molar-refractivity contribution in [1.29, 1.82) is 0 Å². The van der Waals surface area contributed by atoms with E-state index in [-0.39, 0.29) is 17.5 Å². The largest absolute Gasteiger partial charge is 0.349 e. The summed E-state index contributed by atoms with van der Waals surface area (Å²) < 4.78 is 4.64. The third-order valence-electron chi connectivity index (χ3n) is 6.19. The topological polar surface area (TPSA) is 55.5 Å². The van der Waals surface area contributed by atoms with Gasteiger partial charge in [0.2, 0.25) is 5.91 Å². The Kier molecular flexibility index (Phi) is 5.40. The number of hydrogen-bond donors (Lipinski definition) is 1. The van der Waals surface area contributed by atoms with Gasteiger partial charge in [-0.3, -0.25) is 9.59 Å². The van der Waals surface area contributed by atoms with Crippen LogP contribution in [0.25, 0.3) is 16.6 Å². The summed E-state index contributed by atoms with van der Waals surface area (Å²) in [6.45, 7) is 0.502. The smallest absolute Gasteiger partial charge is 0.275 e. The summed E-state index contributed by atoms with van der Waals surface area (Å²) in [7, 11) is 0. The second-order valence-electron chi connectivity index (χ2n) is 8.17. The monoisotopic (exact) mass is 477 g/mol. The molecular formula is C25H24BrN3O2. The minimum Gasteiger partial charge on any atom is -0.349 e. The highest BCUT2D eigenvalue weighted by molar-refractivity contribution is 9.10. The number of aryl methyl sites for hydroxylation is 2. The average Bonchev–Trinajstić information content (AvgIpc) is 3.26. The Morgan fingerprint density at radius 1 is 1.06 bits per heavy atom. The molecule has 0 fully saturated rings. The lowest BCUT2D eigenvalue weighted by atomic mass is 9.87. The molecule has 1 N–H and O–H groups in total. The summed E-state index contributed by atoms with van der Waals surface area (Å²) in [5.41, 5.74) is 5.04. The van der Waals surface area contributed by atoms with Crippen LogP contribution in [0.5, 0.6) is 0 Å². The Labute approximate surface area is 188 Å². The molecule has 1 aliphatic carbocycles. The summed E-state index contributed by atoms with van der Waals surface area (Å²) in [4.78, 5) is 25.7. The third kappa shape index (κ3) is 3.81. The lowest BCUT2D eigenvalue weighted by molar-refractivity contribution is -0.122. The number of benzene rings is 2. The van der Waals surface area contributed by atoms with E-state index < -0.39 is 0 Å². The predicted molar refractivity (Wildman–Crippen MR) is 126 cm³/mol. The van der Waals surface area contributed by atoms with Crippen LogP contribution in [0.3, 0.4) is 0 Å². The van der Waals surface area contributed by atoms with Crippen LogP contribution < -0.4 is 10.9 Å². The van der Waals surface area contributed by atoms with E-state index in [1.165, 1.54) is 11.1 Å². The van der Waals surface area contributed by atoms with Crippen LogP contribution in [0.15, 0.2) is 70.1 Å². The van der Waals surface area contributed by atoms with Crippen molar-refractivity contribution < 1.29 is 4.79 Å². The number of nitrogens with one attached hydrogen (secondary N) is 1. The minimum absolute atomic E-state index is 0.0304. The molecule has 31 heavy (non-hydrogen) atoms. The van der Waals surface area contributed by atoms with Crippen molar-refractivity contribution in [2.75, 3.05) is 0 Å². The SMILES string of the molecule is O=C(CCCn1c(=O)c2cccn2c2ccc(Br)cc21)NC1CCCc2ccccc21. The Morgan fingerprint density at radius 2 is 1.94 bits per heavy atom. The molecule has 6 heteroatoms. The predicted octanol–water partition coefficient (Wildman–Crippen LogP) is 4.99. The van der Waals surface area contributed by atoms with Crippen molar-refractivity contribution in [2.45, 2.75) is 44.7 Å². The first-order valence-electron chi connectivity index (χ1n) is 10.8. The van der Waals surface area contributed by atoms with E-state index in [1.54, 1.807) is 4.57 Å². The number of hydrogen-bond acceptors (Lipinski definition) is 2. The van der Waals surface area contributed by atoms with Crippen LogP contribution in [0.4, 0.5) is 0 Å². The highest BCUT2D eigenvalue weighted by Gasteiger charge is 2.21. The maximum Gasteiger partial charge on any atom is 0.275 e. The van der Waals surface area contributed by atoms with E-state index in [0.717, 1.165) is 34.8 Å². The first-order chi connectivity index (χ1) is 15.1. The van der Waals surface area contributed by atoms with Gasteiger partial charge >= 0.3 is 0 Å². The fraction of sp³-hybridized carbons (Fsp3) is 0.280. The maximum atomic E-state index is 13.1. The molecule has 0 bridgehead atoms. The molecule has 158 valence electrons. The molecule has 0 spiro atoms. The summed E-state index contributed by atoms with van der Waals surface area (Å²) in [6.07, 6.45) is 6.07. The van der Waals surface area contributed by atoms with Gasteiger partial charge in [0.05, 0.1) is 17.1 Å². The van der Waals surface area contributed by atoms with E-state index in [1.807, 2.05) is 47.0 Å². The molecule has 5 nitrogen and oxygen atoms in total. The molecule has 0 radical (unpaired) electrons. The van der Waals surface area contributed by atoms with Crippen LogP contribution in [0.2, 0.25) is 0 Å². The van der Waals surface area contributed by atoms with E-state index >= 15 is 0 Å². The molecule has 1 amide bonds. The van der Waals surface area contributed by atoms with Gasteiger partial charge in [0.1, 0.15) is 5.52 Å². The summed E-state index contributed by atoms with van der Waals surface area (Å²) in [6, 6.07) is 18.1. The Morgan fingerprint density at radius 3 is 2.84 bits per heavy atom. The van der Waals surface area contributed by atoms with Crippen LogP contribution >= 0.6 is 15.9 Å². The number of rotatable bonds is 5. The third-order valence-corrected chi connectivity index (χ3v) is 6.68. The van der Waals surface area contributed by atoms with Crippen LogP contribution in [0.1, 0.15) is 42.9 Å². The molecule has 2 heterocycles. The van der Waals surface area contributed by atoms with E-state index in [4.69, 9.17) is 0 Å². The zero-order valence-electron chi connectivity index (χ0n) is 17.2. The van der Waals surface area contributed by atoms with Gasteiger partial charge in [-0.1, -0.05) is 40.2 Å². The fourth-order valence-corrected chi connectivity index (χ4v) is 5.07. The maximum absolute atomic E-state index is 13.1. The van der Waals surface area contributed by atoms with Crippen molar-refractivity contribution in [3.05, 3.63) is 86.7 Å². The number of amides is 1. The zero-order chi connectivity index (χ0) is 21.4. The standard InChI is InChI=1S/C25H24BrN3O2/c26-18-12-13-21-23(16-18)29(25(31)22-10-4-14-28(21)22)15-5-11-24(30)27-20-9-3-7-17-6-1-2-8-19(17)20/h1-2,4,6,8,10,12-14,16,20H,3,5,7,9,11,15H2,(H,27,30). The second-order valence-corrected chi connectivity index (χ2v) is 9.08. The lowest BCUT2D eigenvalue weighted by Gasteiger charge is -2.26. The molecule has 1 atom stereocenters. The molecule has 0 saturated heterocycles. The zero-order valence-corrected chi connectivity index (χ0v) is 18.8. The summed E-state index contributed by atoms with van der Waals surface area (Å²) in [5, 5.41) is 3.21. The first-order valence-corrected chi connectivity index (χ1v) is 11.6. The van der Waals surface area contributed by atoms with Crippen molar-refractivity contribution in [3.63, 3.8) is 0 Å². The van der Waals surface area contributed by atoms with Gasteiger partial charge in [0.15, 0.2) is 0 Å². The normalized spacial score (nSPS) is 15.8. The van der Waals surface area contributed by atoms with Gasteiger partial charge in [0, 0.05) is 23.6 Å². The van der Waals surface area contributed by atoms with Crippen LogP contribution in [-0.2, 0) is 17.8 Å². The molecule has 5 rings (SSSR count). The number of halogens is 1. The van der Waals surface area contributed by atoms with Crippen LogP contribution in [-0.4, -0.2) is 14.9 Å². The highest BCUT2D eigenvalue weighted by atomic mass is 79.9. The number of nitrogens with zero attached hydrogens (tertiary/aromatic N) is 2. The molecule has 2 aromatic heterocycles. The Hall–Kier alpha value is -2.86. The number of aromatic nitrogens is 2. The highest BCUT2D eigenvalue weighted by Crippen LogP contribution is 2.29. The van der Waals surface area contributed by atoms with Gasteiger partial charge < -0.3 is 14.3 Å². The molecule has 4 aromatic rings. The summed E-state index contributed by atoms with van der Waals surface area (Å²) >= 11 is 3.52. The van der Waals surface area contributed by atoms with Crippen molar-refractivity contribution in [2.24, 2.45) is 0 Å². The van der Waals surface area contributed by atoms with Gasteiger partial charge in [0.25, 0.3) is 5.56 Å². The number of fused-ring (bicyclic) bond motifs is 4. The van der Waals surface area contributed by atoms with Crippen LogP contribution in [0, 0.1) is 0 Å². The van der Waals surface area contributed by atoms with Gasteiger partial charge in [-0.25, -0.2) is 0 Å². The second kappa shape index (κ2) is 8.35. The van der Waals surface area contributed by atoms with E-state index in [9.17, 15) is 9.59 Å². The Balaban J connectivity index is 1.33.